The maximum Gasteiger partial charge on any atom is 0.234 e. The van der Waals surface area contributed by atoms with Gasteiger partial charge in [0.1, 0.15) is 0 Å². The fourth-order valence-corrected chi connectivity index (χ4v) is 2.62. The summed E-state index contributed by atoms with van der Waals surface area (Å²) in [6.45, 7) is 4.96. The molecule has 2 aromatic carbocycles. The zero-order chi connectivity index (χ0) is 15.9. The fraction of sp³-hybridized carbons (Fsp3) is 0.316. The summed E-state index contributed by atoms with van der Waals surface area (Å²) < 4.78 is 0. The largest absolute Gasteiger partial charge is 0.351 e. The van der Waals surface area contributed by atoms with E-state index in [0.717, 1.165) is 12.0 Å². The van der Waals surface area contributed by atoms with Gasteiger partial charge in [0.05, 0.1) is 6.54 Å². The predicted molar refractivity (Wildman–Crippen MR) is 91.5 cm³/mol. The van der Waals surface area contributed by atoms with Crippen LogP contribution in [0, 0.1) is 0 Å². The van der Waals surface area contributed by atoms with Crippen LogP contribution in [-0.4, -0.2) is 12.5 Å². The standard InChI is InChI=1S/C19H24N2O/c1-3-14(2)17-11-7-10-16(13-21-18(22)12-20)19(17)15-8-5-4-6-9-15/h4-11,14H,3,12-13,20H2,1-2H3,(H,21,22). The summed E-state index contributed by atoms with van der Waals surface area (Å²) in [4.78, 5) is 11.5. The minimum atomic E-state index is -0.132. The summed E-state index contributed by atoms with van der Waals surface area (Å²) in [6, 6.07) is 16.7. The molecular weight excluding hydrogens is 272 g/mol. The first-order chi connectivity index (χ1) is 10.7. The van der Waals surface area contributed by atoms with Gasteiger partial charge in [-0.05, 0) is 34.6 Å². The van der Waals surface area contributed by atoms with Crippen LogP contribution in [0.4, 0.5) is 0 Å². The molecule has 3 N–H and O–H groups in total. The minimum absolute atomic E-state index is 0.0196. The number of nitrogens with two attached hydrogens (primary N) is 1. The van der Waals surface area contributed by atoms with Crippen molar-refractivity contribution in [3.63, 3.8) is 0 Å². The van der Waals surface area contributed by atoms with E-state index in [1.165, 1.54) is 16.7 Å². The van der Waals surface area contributed by atoms with E-state index in [0.29, 0.717) is 12.5 Å². The smallest absolute Gasteiger partial charge is 0.234 e. The number of rotatable bonds is 6. The second-order valence-corrected chi connectivity index (χ2v) is 5.54. The van der Waals surface area contributed by atoms with E-state index >= 15 is 0 Å². The molecule has 0 bridgehead atoms. The molecule has 2 aromatic rings. The highest BCUT2D eigenvalue weighted by Crippen LogP contribution is 2.33. The molecule has 0 aliphatic heterocycles. The third kappa shape index (κ3) is 3.74. The number of benzene rings is 2. The van der Waals surface area contributed by atoms with Crippen molar-refractivity contribution in [2.45, 2.75) is 32.7 Å². The van der Waals surface area contributed by atoms with Gasteiger partial charge in [-0.15, -0.1) is 0 Å². The Kier molecular flexibility index (Phi) is 5.73. The minimum Gasteiger partial charge on any atom is -0.351 e. The van der Waals surface area contributed by atoms with E-state index in [1.54, 1.807) is 0 Å². The Balaban J connectivity index is 2.46. The van der Waals surface area contributed by atoms with Crippen LogP contribution in [0.1, 0.15) is 37.3 Å². The molecule has 0 aliphatic rings. The third-order valence-corrected chi connectivity index (χ3v) is 4.05. The summed E-state index contributed by atoms with van der Waals surface area (Å²) in [6.07, 6.45) is 1.08. The van der Waals surface area contributed by atoms with Crippen LogP contribution in [0.25, 0.3) is 11.1 Å². The van der Waals surface area contributed by atoms with Crippen LogP contribution in [0.3, 0.4) is 0 Å². The van der Waals surface area contributed by atoms with E-state index in [-0.39, 0.29) is 12.5 Å². The zero-order valence-electron chi connectivity index (χ0n) is 13.3. The monoisotopic (exact) mass is 296 g/mol. The molecule has 116 valence electrons. The SMILES string of the molecule is CCC(C)c1cccc(CNC(=O)CN)c1-c1ccccc1. The van der Waals surface area contributed by atoms with Gasteiger partial charge in [-0.1, -0.05) is 62.4 Å². The average Bonchev–Trinajstić information content (AvgIpc) is 2.59. The Hall–Kier alpha value is -2.13. The summed E-state index contributed by atoms with van der Waals surface area (Å²) in [5.74, 6) is 0.341. The lowest BCUT2D eigenvalue weighted by molar-refractivity contribution is -0.119. The molecule has 1 atom stereocenters. The Morgan fingerprint density at radius 2 is 1.86 bits per heavy atom. The van der Waals surface area contributed by atoms with E-state index in [2.05, 4.69) is 49.5 Å². The van der Waals surface area contributed by atoms with Gasteiger partial charge in [0.15, 0.2) is 0 Å². The van der Waals surface area contributed by atoms with E-state index in [9.17, 15) is 4.79 Å². The molecular formula is C19H24N2O. The van der Waals surface area contributed by atoms with Crippen molar-refractivity contribution >= 4 is 5.91 Å². The van der Waals surface area contributed by atoms with Gasteiger partial charge in [0, 0.05) is 6.54 Å². The Morgan fingerprint density at radius 3 is 2.50 bits per heavy atom. The second kappa shape index (κ2) is 7.76. The normalized spacial score (nSPS) is 12.0. The van der Waals surface area contributed by atoms with E-state index in [4.69, 9.17) is 5.73 Å². The Bertz CT molecular complexity index is 623. The fourth-order valence-electron chi connectivity index (χ4n) is 2.62. The molecule has 22 heavy (non-hydrogen) atoms. The van der Waals surface area contributed by atoms with Crippen LogP contribution in [0.2, 0.25) is 0 Å². The second-order valence-electron chi connectivity index (χ2n) is 5.54. The van der Waals surface area contributed by atoms with Gasteiger partial charge in [-0.3, -0.25) is 4.79 Å². The molecule has 0 heterocycles. The molecule has 0 fully saturated rings. The quantitative estimate of drug-likeness (QED) is 0.858. The number of amides is 1. The van der Waals surface area contributed by atoms with Crippen LogP contribution in [0.5, 0.6) is 0 Å². The number of carbonyl (C=O) groups excluding carboxylic acids is 1. The van der Waals surface area contributed by atoms with Crippen LogP contribution >= 0.6 is 0 Å². The van der Waals surface area contributed by atoms with Crippen molar-refractivity contribution in [2.75, 3.05) is 6.54 Å². The van der Waals surface area contributed by atoms with Gasteiger partial charge in [-0.25, -0.2) is 0 Å². The lowest BCUT2D eigenvalue weighted by atomic mass is 9.87. The lowest BCUT2D eigenvalue weighted by Crippen LogP contribution is -2.29. The molecule has 0 saturated heterocycles. The van der Waals surface area contributed by atoms with Crippen molar-refractivity contribution in [3.05, 3.63) is 59.7 Å². The van der Waals surface area contributed by atoms with Gasteiger partial charge in [0.25, 0.3) is 0 Å². The van der Waals surface area contributed by atoms with Crippen molar-refractivity contribution in [1.29, 1.82) is 0 Å². The maximum absolute atomic E-state index is 11.5. The van der Waals surface area contributed by atoms with Crippen LogP contribution in [-0.2, 0) is 11.3 Å². The molecule has 2 rings (SSSR count). The first-order valence-electron chi connectivity index (χ1n) is 7.81. The summed E-state index contributed by atoms with van der Waals surface area (Å²) in [5, 5.41) is 2.88. The van der Waals surface area contributed by atoms with E-state index in [1.807, 2.05) is 18.2 Å². The van der Waals surface area contributed by atoms with E-state index < -0.39 is 0 Å². The first-order valence-corrected chi connectivity index (χ1v) is 7.81. The molecule has 0 saturated carbocycles. The van der Waals surface area contributed by atoms with Crippen molar-refractivity contribution < 1.29 is 4.79 Å². The summed E-state index contributed by atoms with van der Waals surface area (Å²) in [5.41, 5.74) is 10.3. The summed E-state index contributed by atoms with van der Waals surface area (Å²) >= 11 is 0. The average molecular weight is 296 g/mol. The Morgan fingerprint density at radius 1 is 1.14 bits per heavy atom. The topological polar surface area (TPSA) is 55.1 Å². The lowest BCUT2D eigenvalue weighted by Gasteiger charge is -2.19. The van der Waals surface area contributed by atoms with Gasteiger partial charge >= 0.3 is 0 Å². The Labute approximate surface area is 132 Å². The number of hydrogen-bond donors (Lipinski definition) is 2. The highest BCUT2D eigenvalue weighted by Gasteiger charge is 2.14. The molecule has 1 amide bonds. The van der Waals surface area contributed by atoms with Gasteiger partial charge in [-0.2, -0.15) is 0 Å². The van der Waals surface area contributed by atoms with Crippen LogP contribution in [0.15, 0.2) is 48.5 Å². The molecule has 0 spiro atoms. The van der Waals surface area contributed by atoms with Crippen LogP contribution < -0.4 is 11.1 Å². The van der Waals surface area contributed by atoms with Crippen molar-refractivity contribution in [1.82, 2.24) is 5.32 Å². The molecule has 1 unspecified atom stereocenters. The third-order valence-electron chi connectivity index (χ3n) is 4.05. The number of hydrogen-bond acceptors (Lipinski definition) is 2. The molecule has 3 heteroatoms. The highest BCUT2D eigenvalue weighted by molar-refractivity contribution is 5.78. The first kappa shape index (κ1) is 16.2. The highest BCUT2D eigenvalue weighted by atomic mass is 16.1. The predicted octanol–water partition coefficient (Wildman–Crippen LogP) is 3.44. The maximum atomic E-state index is 11.5. The van der Waals surface area contributed by atoms with Gasteiger partial charge < -0.3 is 11.1 Å². The molecule has 3 nitrogen and oxygen atoms in total. The number of nitrogens with one attached hydrogen (secondary N) is 1. The zero-order valence-corrected chi connectivity index (χ0v) is 13.3. The summed E-state index contributed by atoms with van der Waals surface area (Å²) in [7, 11) is 0. The molecule has 0 aromatic heterocycles. The van der Waals surface area contributed by atoms with Gasteiger partial charge in [0.2, 0.25) is 5.91 Å². The van der Waals surface area contributed by atoms with Crippen molar-refractivity contribution in [2.24, 2.45) is 5.73 Å². The number of carbonyl (C=O) groups is 1. The molecule has 0 aliphatic carbocycles. The molecule has 0 radical (unpaired) electrons. The van der Waals surface area contributed by atoms with Crippen molar-refractivity contribution in [3.8, 4) is 11.1 Å².